The SMILES string of the molecule is Cc1cc2ncc(NC(=O)c3cccc4ccccc34)cn2n1. The number of carbonyl (C=O) groups is 1. The Kier molecular flexibility index (Phi) is 3.05. The first-order chi connectivity index (χ1) is 11.2. The van der Waals surface area contributed by atoms with Crippen molar-refractivity contribution in [3.8, 4) is 0 Å². The van der Waals surface area contributed by atoms with Crippen molar-refractivity contribution in [1.29, 1.82) is 0 Å². The van der Waals surface area contributed by atoms with Gasteiger partial charge in [-0.05, 0) is 23.8 Å². The van der Waals surface area contributed by atoms with Crippen molar-refractivity contribution < 1.29 is 4.79 Å². The Bertz CT molecular complexity index is 1030. The number of benzene rings is 2. The number of aryl methyl sites for hydroxylation is 1. The molecule has 5 heteroatoms. The van der Waals surface area contributed by atoms with Gasteiger partial charge < -0.3 is 5.32 Å². The highest BCUT2D eigenvalue weighted by atomic mass is 16.1. The lowest BCUT2D eigenvalue weighted by molar-refractivity contribution is 0.102. The molecule has 112 valence electrons. The third-order valence-electron chi connectivity index (χ3n) is 3.73. The summed E-state index contributed by atoms with van der Waals surface area (Å²) in [4.78, 5) is 16.9. The molecule has 0 aliphatic rings. The largest absolute Gasteiger partial charge is 0.319 e. The van der Waals surface area contributed by atoms with Gasteiger partial charge in [-0.25, -0.2) is 9.50 Å². The molecule has 0 saturated carbocycles. The summed E-state index contributed by atoms with van der Waals surface area (Å²) >= 11 is 0. The van der Waals surface area contributed by atoms with Gasteiger partial charge in [-0.15, -0.1) is 0 Å². The minimum atomic E-state index is -0.160. The lowest BCUT2D eigenvalue weighted by Gasteiger charge is -2.08. The van der Waals surface area contributed by atoms with Crippen LogP contribution in [-0.4, -0.2) is 20.5 Å². The van der Waals surface area contributed by atoms with Crippen LogP contribution in [0, 0.1) is 6.92 Å². The van der Waals surface area contributed by atoms with Gasteiger partial charge in [-0.3, -0.25) is 4.79 Å². The van der Waals surface area contributed by atoms with E-state index in [2.05, 4.69) is 15.4 Å². The summed E-state index contributed by atoms with van der Waals surface area (Å²) in [5, 5.41) is 9.16. The molecule has 2 heterocycles. The summed E-state index contributed by atoms with van der Waals surface area (Å²) in [6.45, 7) is 1.91. The molecule has 0 radical (unpaired) electrons. The fourth-order valence-corrected chi connectivity index (χ4v) is 2.68. The lowest BCUT2D eigenvalue weighted by Crippen LogP contribution is -2.13. The predicted molar refractivity (Wildman–Crippen MR) is 89.6 cm³/mol. The summed E-state index contributed by atoms with van der Waals surface area (Å²) in [6, 6.07) is 15.4. The molecule has 2 aromatic carbocycles. The molecule has 0 bridgehead atoms. The van der Waals surface area contributed by atoms with Gasteiger partial charge in [-0.1, -0.05) is 36.4 Å². The first kappa shape index (κ1) is 13.5. The lowest BCUT2D eigenvalue weighted by atomic mass is 10.0. The van der Waals surface area contributed by atoms with Crippen molar-refractivity contribution in [3.05, 3.63) is 72.2 Å². The Labute approximate surface area is 132 Å². The molecular weight excluding hydrogens is 288 g/mol. The summed E-state index contributed by atoms with van der Waals surface area (Å²) in [6.07, 6.45) is 3.40. The third kappa shape index (κ3) is 2.42. The molecule has 5 nitrogen and oxygen atoms in total. The van der Waals surface area contributed by atoms with Gasteiger partial charge in [0.15, 0.2) is 5.65 Å². The highest BCUT2D eigenvalue weighted by Crippen LogP contribution is 2.20. The molecule has 4 rings (SSSR count). The van der Waals surface area contributed by atoms with Crippen LogP contribution in [0.3, 0.4) is 0 Å². The maximum absolute atomic E-state index is 12.6. The Morgan fingerprint density at radius 2 is 1.96 bits per heavy atom. The van der Waals surface area contributed by atoms with E-state index < -0.39 is 0 Å². The van der Waals surface area contributed by atoms with Crippen LogP contribution in [0.15, 0.2) is 60.9 Å². The van der Waals surface area contributed by atoms with Gasteiger partial charge in [0.2, 0.25) is 0 Å². The number of hydrogen-bond acceptors (Lipinski definition) is 3. The summed E-state index contributed by atoms with van der Waals surface area (Å²) in [5.41, 5.74) is 2.89. The number of hydrogen-bond donors (Lipinski definition) is 1. The van der Waals surface area contributed by atoms with Gasteiger partial charge in [0.05, 0.1) is 23.8 Å². The third-order valence-corrected chi connectivity index (χ3v) is 3.73. The zero-order valence-electron chi connectivity index (χ0n) is 12.5. The van der Waals surface area contributed by atoms with Crippen LogP contribution in [0.1, 0.15) is 16.1 Å². The highest BCUT2D eigenvalue weighted by molar-refractivity contribution is 6.12. The second kappa shape index (κ2) is 5.21. The molecule has 0 fully saturated rings. The Morgan fingerprint density at radius 3 is 2.87 bits per heavy atom. The topological polar surface area (TPSA) is 59.3 Å². The van der Waals surface area contributed by atoms with E-state index in [4.69, 9.17) is 0 Å². The second-order valence-corrected chi connectivity index (χ2v) is 5.41. The number of amides is 1. The van der Waals surface area contributed by atoms with Crippen molar-refractivity contribution in [2.75, 3.05) is 5.32 Å². The molecule has 0 atom stereocenters. The van der Waals surface area contributed by atoms with Gasteiger partial charge in [0.1, 0.15) is 0 Å². The van der Waals surface area contributed by atoms with Crippen LogP contribution in [0.2, 0.25) is 0 Å². The van der Waals surface area contributed by atoms with Crippen LogP contribution >= 0.6 is 0 Å². The number of fused-ring (bicyclic) bond motifs is 2. The minimum absolute atomic E-state index is 0.160. The Balaban J connectivity index is 1.70. The maximum Gasteiger partial charge on any atom is 0.256 e. The average Bonchev–Trinajstić information content (AvgIpc) is 2.93. The van der Waals surface area contributed by atoms with Crippen molar-refractivity contribution >= 4 is 28.0 Å². The maximum atomic E-state index is 12.6. The minimum Gasteiger partial charge on any atom is -0.319 e. The van der Waals surface area contributed by atoms with Gasteiger partial charge in [0.25, 0.3) is 5.91 Å². The molecule has 23 heavy (non-hydrogen) atoms. The summed E-state index contributed by atoms with van der Waals surface area (Å²) < 4.78 is 1.66. The van der Waals surface area contributed by atoms with Crippen molar-refractivity contribution in [1.82, 2.24) is 14.6 Å². The number of anilines is 1. The van der Waals surface area contributed by atoms with Crippen LogP contribution in [-0.2, 0) is 0 Å². The van der Waals surface area contributed by atoms with E-state index in [-0.39, 0.29) is 5.91 Å². The van der Waals surface area contributed by atoms with E-state index in [9.17, 15) is 4.79 Å². The van der Waals surface area contributed by atoms with E-state index in [1.54, 1.807) is 16.9 Å². The number of rotatable bonds is 2. The van der Waals surface area contributed by atoms with E-state index in [1.807, 2.05) is 55.5 Å². The van der Waals surface area contributed by atoms with E-state index in [0.717, 1.165) is 22.1 Å². The molecule has 0 unspecified atom stereocenters. The molecule has 0 aliphatic heterocycles. The summed E-state index contributed by atoms with van der Waals surface area (Å²) in [5.74, 6) is -0.160. The molecule has 1 N–H and O–H groups in total. The smallest absolute Gasteiger partial charge is 0.256 e. The second-order valence-electron chi connectivity index (χ2n) is 5.41. The number of nitrogens with one attached hydrogen (secondary N) is 1. The fourth-order valence-electron chi connectivity index (χ4n) is 2.68. The van der Waals surface area contributed by atoms with Gasteiger partial charge in [-0.2, -0.15) is 5.10 Å². The van der Waals surface area contributed by atoms with E-state index in [1.165, 1.54) is 0 Å². The van der Waals surface area contributed by atoms with Crippen molar-refractivity contribution in [2.45, 2.75) is 6.92 Å². The Hall–Kier alpha value is -3.21. The average molecular weight is 302 g/mol. The van der Waals surface area contributed by atoms with E-state index >= 15 is 0 Å². The molecule has 0 spiro atoms. The van der Waals surface area contributed by atoms with Crippen molar-refractivity contribution in [2.24, 2.45) is 0 Å². The summed E-state index contributed by atoms with van der Waals surface area (Å²) in [7, 11) is 0. The predicted octanol–water partition coefficient (Wildman–Crippen LogP) is 3.44. The standard InChI is InChI=1S/C18H14N4O/c1-12-9-17-19-10-14(11-22(17)21-12)20-18(23)16-8-4-6-13-5-2-3-7-15(13)16/h2-11H,1H3,(H,20,23). The van der Waals surface area contributed by atoms with Crippen LogP contribution in [0.4, 0.5) is 5.69 Å². The number of nitrogens with zero attached hydrogens (tertiary/aromatic N) is 3. The van der Waals surface area contributed by atoms with Crippen LogP contribution in [0.25, 0.3) is 16.4 Å². The molecular formula is C18H14N4O. The number of carbonyl (C=O) groups excluding carboxylic acids is 1. The zero-order chi connectivity index (χ0) is 15.8. The van der Waals surface area contributed by atoms with E-state index in [0.29, 0.717) is 11.3 Å². The van der Waals surface area contributed by atoms with Gasteiger partial charge in [0, 0.05) is 11.6 Å². The first-order valence-corrected chi connectivity index (χ1v) is 7.32. The fraction of sp³-hybridized carbons (Fsp3) is 0.0556. The molecule has 2 aromatic heterocycles. The molecule has 0 saturated heterocycles. The number of aromatic nitrogens is 3. The zero-order valence-corrected chi connectivity index (χ0v) is 12.5. The molecule has 1 amide bonds. The highest BCUT2D eigenvalue weighted by Gasteiger charge is 2.10. The van der Waals surface area contributed by atoms with Gasteiger partial charge >= 0.3 is 0 Å². The first-order valence-electron chi connectivity index (χ1n) is 7.32. The Morgan fingerprint density at radius 1 is 1.13 bits per heavy atom. The normalized spacial score (nSPS) is 11.0. The quantitative estimate of drug-likeness (QED) is 0.617. The van der Waals surface area contributed by atoms with Crippen LogP contribution in [0.5, 0.6) is 0 Å². The molecule has 4 aromatic rings. The monoisotopic (exact) mass is 302 g/mol. The van der Waals surface area contributed by atoms with Crippen LogP contribution < -0.4 is 5.32 Å². The van der Waals surface area contributed by atoms with Crippen molar-refractivity contribution in [3.63, 3.8) is 0 Å². The molecule has 0 aliphatic carbocycles.